The van der Waals surface area contributed by atoms with E-state index in [1.807, 2.05) is 16.8 Å². The quantitative estimate of drug-likeness (QED) is 0.834. The summed E-state index contributed by atoms with van der Waals surface area (Å²) < 4.78 is 0. The standard InChI is InChI=1S/C20H30N4O2/c1-22(18-8-3-2-4-9-18)19(25)15-23-10-12-24(13-11-23)20(26)16-6-5-7-17(21)14-16/h5-7,14,18H,2-4,8-13,15,21H2,1H3. The molecule has 0 unspecified atom stereocenters. The molecule has 6 nitrogen and oxygen atoms in total. The van der Waals surface area contributed by atoms with Gasteiger partial charge in [0.1, 0.15) is 0 Å². The lowest BCUT2D eigenvalue weighted by Crippen LogP contribution is -2.52. The van der Waals surface area contributed by atoms with Gasteiger partial charge in [-0.15, -0.1) is 0 Å². The number of likely N-dealkylation sites (N-methyl/N-ethyl adjacent to an activating group) is 1. The summed E-state index contributed by atoms with van der Waals surface area (Å²) in [5, 5.41) is 0. The first-order valence-electron chi connectivity index (χ1n) is 9.67. The number of hydrogen-bond acceptors (Lipinski definition) is 4. The van der Waals surface area contributed by atoms with E-state index in [1.54, 1.807) is 24.3 Å². The molecule has 142 valence electrons. The Morgan fingerprint density at radius 3 is 2.46 bits per heavy atom. The average Bonchev–Trinajstić information content (AvgIpc) is 2.68. The highest BCUT2D eigenvalue weighted by Crippen LogP contribution is 2.22. The maximum Gasteiger partial charge on any atom is 0.254 e. The van der Waals surface area contributed by atoms with Gasteiger partial charge < -0.3 is 15.5 Å². The van der Waals surface area contributed by atoms with Gasteiger partial charge in [-0.3, -0.25) is 14.5 Å². The molecule has 1 aliphatic heterocycles. The summed E-state index contributed by atoms with van der Waals surface area (Å²) in [5.41, 5.74) is 7.01. The highest BCUT2D eigenvalue weighted by molar-refractivity contribution is 5.95. The fourth-order valence-electron chi connectivity index (χ4n) is 3.94. The minimum absolute atomic E-state index is 0.0163. The smallest absolute Gasteiger partial charge is 0.254 e. The van der Waals surface area contributed by atoms with Gasteiger partial charge in [0.2, 0.25) is 5.91 Å². The molecule has 2 aliphatic rings. The van der Waals surface area contributed by atoms with E-state index in [0.29, 0.717) is 36.9 Å². The third kappa shape index (κ3) is 4.55. The Bertz CT molecular complexity index is 634. The van der Waals surface area contributed by atoms with Crippen LogP contribution >= 0.6 is 0 Å². The molecule has 0 atom stereocenters. The van der Waals surface area contributed by atoms with E-state index in [2.05, 4.69) is 4.90 Å². The molecule has 1 heterocycles. The van der Waals surface area contributed by atoms with Crippen LogP contribution in [0.5, 0.6) is 0 Å². The van der Waals surface area contributed by atoms with Crippen LogP contribution in [0.4, 0.5) is 5.69 Å². The van der Waals surface area contributed by atoms with Crippen molar-refractivity contribution in [3.63, 3.8) is 0 Å². The largest absolute Gasteiger partial charge is 0.399 e. The predicted molar refractivity (Wildman–Crippen MR) is 103 cm³/mol. The number of carbonyl (C=O) groups excluding carboxylic acids is 2. The van der Waals surface area contributed by atoms with Crippen molar-refractivity contribution in [2.24, 2.45) is 0 Å². The van der Waals surface area contributed by atoms with Crippen molar-refractivity contribution in [2.75, 3.05) is 45.5 Å². The number of benzene rings is 1. The van der Waals surface area contributed by atoms with E-state index in [-0.39, 0.29) is 11.8 Å². The predicted octanol–water partition coefficient (Wildman–Crippen LogP) is 1.82. The molecule has 0 spiro atoms. The number of nitrogens with two attached hydrogens (primary N) is 1. The van der Waals surface area contributed by atoms with Crippen molar-refractivity contribution in [2.45, 2.75) is 38.1 Å². The fourth-order valence-corrected chi connectivity index (χ4v) is 3.94. The van der Waals surface area contributed by atoms with E-state index in [4.69, 9.17) is 5.73 Å². The molecule has 0 aromatic heterocycles. The summed E-state index contributed by atoms with van der Waals surface area (Å²) in [7, 11) is 1.94. The SMILES string of the molecule is CN(C(=O)CN1CCN(C(=O)c2cccc(N)c2)CC1)C1CCCCC1. The topological polar surface area (TPSA) is 69.9 Å². The molecule has 1 saturated carbocycles. The lowest BCUT2D eigenvalue weighted by molar-refractivity contribution is -0.134. The Balaban J connectivity index is 1.47. The van der Waals surface area contributed by atoms with E-state index < -0.39 is 0 Å². The second-order valence-corrected chi connectivity index (χ2v) is 7.49. The Labute approximate surface area is 155 Å². The first kappa shape index (κ1) is 18.7. The normalized spacial score (nSPS) is 19.3. The summed E-state index contributed by atoms with van der Waals surface area (Å²) in [6.07, 6.45) is 6.01. The zero-order chi connectivity index (χ0) is 18.5. The van der Waals surface area contributed by atoms with Crippen LogP contribution in [0.3, 0.4) is 0 Å². The van der Waals surface area contributed by atoms with Gasteiger partial charge >= 0.3 is 0 Å². The molecule has 2 fully saturated rings. The van der Waals surface area contributed by atoms with Crippen LogP contribution in [0.2, 0.25) is 0 Å². The van der Waals surface area contributed by atoms with E-state index >= 15 is 0 Å². The van der Waals surface area contributed by atoms with Crippen LogP contribution in [0, 0.1) is 0 Å². The molecular formula is C20H30N4O2. The van der Waals surface area contributed by atoms with Gasteiger partial charge in [0.15, 0.2) is 0 Å². The summed E-state index contributed by atoms with van der Waals surface area (Å²) in [4.78, 5) is 31.1. The van der Waals surface area contributed by atoms with Crippen molar-refractivity contribution in [1.29, 1.82) is 0 Å². The molecule has 1 aromatic rings. The number of hydrogen-bond donors (Lipinski definition) is 1. The monoisotopic (exact) mass is 358 g/mol. The van der Waals surface area contributed by atoms with Gasteiger partial charge in [-0.2, -0.15) is 0 Å². The van der Waals surface area contributed by atoms with Gasteiger partial charge in [-0.1, -0.05) is 25.3 Å². The molecule has 6 heteroatoms. The second-order valence-electron chi connectivity index (χ2n) is 7.49. The van der Waals surface area contributed by atoms with Crippen molar-refractivity contribution >= 4 is 17.5 Å². The molecule has 2 amide bonds. The summed E-state index contributed by atoms with van der Waals surface area (Å²) in [6.45, 7) is 3.21. The van der Waals surface area contributed by atoms with Crippen LogP contribution in [0.25, 0.3) is 0 Å². The lowest BCUT2D eigenvalue weighted by atomic mass is 9.94. The lowest BCUT2D eigenvalue weighted by Gasteiger charge is -2.37. The van der Waals surface area contributed by atoms with E-state index in [9.17, 15) is 9.59 Å². The van der Waals surface area contributed by atoms with Crippen LogP contribution in [-0.2, 0) is 4.79 Å². The molecule has 0 radical (unpaired) electrons. The van der Waals surface area contributed by atoms with Crippen molar-refractivity contribution in [3.8, 4) is 0 Å². The zero-order valence-corrected chi connectivity index (χ0v) is 15.7. The average molecular weight is 358 g/mol. The molecule has 0 bridgehead atoms. The maximum atomic E-state index is 12.6. The molecule has 1 aliphatic carbocycles. The van der Waals surface area contributed by atoms with Crippen LogP contribution < -0.4 is 5.73 Å². The van der Waals surface area contributed by atoms with Gasteiger partial charge in [0, 0.05) is 50.5 Å². The van der Waals surface area contributed by atoms with Crippen molar-refractivity contribution in [1.82, 2.24) is 14.7 Å². The van der Waals surface area contributed by atoms with Gasteiger partial charge in [0.25, 0.3) is 5.91 Å². The van der Waals surface area contributed by atoms with Gasteiger partial charge in [-0.05, 0) is 31.0 Å². The number of carbonyl (C=O) groups is 2. The van der Waals surface area contributed by atoms with Gasteiger partial charge in [-0.25, -0.2) is 0 Å². The number of nitrogen functional groups attached to an aromatic ring is 1. The molecular weight excluding hydrogens is 328 g/mol. The fraction of sp³-hybridized carbons (Fsp3) is 0.600. The van der Waals surface area contributed by atoms with Crippen LogP contribution in [0.15, 0.2) is 24.3 Å². The Morgan fingerprint density at radius 1 is 1.12 bits per heavy atom. The Morgan fingerprint density at radius 2 is 1.81 bits per heavy atom. The minimum atomic E-state index is 0.0163. The zero-order valence-electron chi connectivity index (χ0n) is 15.7. The van der Waals surface area contributed by atoms with Crippen molar-refractivity contribution in [3.05, 3.63) is 29.8 Å². The highest BCUT2D eigenvalue weighted by atomic mass is 16.2. The van der Waals surface area contributed by atoms with E-state index in [0.717, 1.165) is 25.9 Å². The van der Waals surface area contributed by atoms with E-state index in [1.165, 1.54) is 19.3 Å². The van der Waals surface area contributed by atoms with Crippen molar-refractivity contribution < 1.29 is 9.59 Å². The Kier molecular flexibility index (Phi) is 6.14. The molecule has 3 rings (SSSR count). The molecule has 1 saturated heterocycles. The highest BCUT2D eigenvalue weighted by Gasteiger charge is 2.26. The maximum absolute atomic E-state index is 12.6. The number of nitrogens with zero attached hydrogens (tertiary/aromatic N) is 3. The Hall–Kier alpha value is -2.08. The molecule has 2 N–H and O–H groups in total. The summed E-state index contributed by atoms with van der Waals surface area (Å²) >= 11 is 0. The molecule has 1 aromatic carbocycles. The number of anilines is 1. The third-order valence-corrected chi connectivity index (χ3v) is 5.67. The first-order chi connectivity index (χ1) is 12.5. The summed E-state index contributed by atoms with van der Waals surface area (Å²) in [6, 6.07) is 7.51. The second kappa shape index (κ2) is 8.54. The number of amides is 2. The van der Waals surface area contributed by atoms with Crippen LogP contribution in [-0.4, -0.2) is 72.3 Å². The van der Waals surface area contributed by atoms with Gasteiger partial charge in [0.05, 0.1) is 6.54 Å². The number of piperazine rings is 1. The molecule has 26 heavy (non-hydrogen) atoms. The summed E-state index contributed by atoms with van der Waals surface area (Å²) in [5.74, 6) is 0.218. The number of rotatable bonds is 4. The minimum Gasteiger partial charge on any atom is -0.399 e. The first-order valence-corrected chi connectivity index (χ1v) is 9.67. The van der Waals surface area contributed by atoms with Crippen LogP contribution in [0.1, 0.15) is 42.5 Å². The third-order valence-electron chi connectivity index (χ3n) is 5.67.